The van der Waals surface area contributed by atoms with Crippen LogP contribution in [-0.2, 0) is 23.4 Å². The average molecular weight is 310 g/mol. The summed E-state index contributed by atoms with van der Waals surface area (Å²) in [6.07, 6.45) is 0. The largest absolute Gasteiger partial charge is 0.346 e. The van der Waals surface area contributed by atoms with Crippen LogP contribution in [0.3, 0.4) is 0 Å². The molecule has 0 saturated heterocycles. The number of rotatable bonds is 7. The van der Waals surface area contributed by atoms with Gasteiger partial charge in [0, 0.05) is 0 Å². The Balaban J connectivity index is 3.08. The maximum Gasteiger partial charge on any atom is 0.346 e. The summed E-state index contributed by atoms with van der Waals surface area (Å²) in [4.78, 5) is -0.505. The van der Waals surface area contributed by atoms with Gasteiger partial charge in [0.15, 0.2) is 15.3 Å². The number of hydrogen-bond donors (Lipinski definition) is 0. The normalized spacial score (nSPS) is 12.6. The molecule has 1 aromatic carbocycles. The first-order chi connectivity index (χ1) is 8.84. The molecule has 0 amide bonds. The molecule has 0 aliphatic rings. The standard InChI is InChI=1S/C11H16FO5PS/c1-3-16-18(13,17-4-2)9-19(14,15)11-8-6-5-7-10(11)12/h5-8H,3-4,9H2,1-2H3. The fourth-order valence-corrected chi connectivity index (χ4v) is 5.81. The second-order valence-electron chi connectivity index (χ2n) is 3.62. The minimum atomic E-state index is -4.08. The molecule has 0 atom stereocenters. The smallest absolute Gasteiger partial charge is 0.308 e. The third kappa shape index (κ3) is 4.38. The van der Waals surface area contributed by atoms with Gasteiger partial charge in [-0.15, -0.1) is 0 Å². The van der Waals surface area contributed by atoms with Gasteiger partial charge in [-0.05, 0) is 26.0 Å². The molecule has 0 aromatic heterocycles. The van der Waals surface area contributed by atoms with E-state index in [9.17, 15) is 17.4 Å². The highest BCUT2D eigenvalue weighted by molar-refractivity contribution is 7.97. The summed E-state index contributed by atoms with van der Waals surface area (Å²) >= 11 is 0. The van der Waals surface area contributed by atoms with Crippen molar-refractivity contribution in [2.45, 2.75) is 18.7 Å². The molecule has 0 radical (unpaired) electrons. The number of hydrogen-bond acceptors (Lipinski definition) is 5. The maximum absolute atomic E-state index is 13.5. The molecule has 0 N–H and O–H groups in total. The molecule has 0 aliphatic heterocycles. The topological polar surface area (TPSA) is 69.7 Å². The summed E-state index contributed by atoms with van der Waals surface area (Å²) in [5.41, 5.74) is -0.872. The third-order valence-electron chi connectivity index (χ3n) is 2.15. The van der Waals surface area contributed by atoms with E-state index >= 15 is 0 Å². The zero-order valence-electron chi connectivity index (χ0n) is 10.7. The zero-order chi connectivity index (χ0) is 14.5. The van der Waals surface area contributed by atoms with Gasteiger partial charge in [-0.1, -0.05) is 12.1 Å². The lowest BCUT2D eigenvalue weighted by Crippen LogP contribution is -2.12. The van der Waals surface area contributed by atoms with Gasteiger partial charge in [0.2, 0.25) is 0 Å². The Hall–Kier alpha value is -0.750. The number of sulfone groups is 1. The molecule has 5 nitrogen and oxygen atoms in total. The maximum atomic E-state index is 13.5. The van der Waals surface area contributed by atoms with Crippen molar-refractivity contribution in [3.05, 3.63) is 30.1 Å². The van der Waals surface area contributed by atoms with Gasteiger partial charge in [0.25, 0.3) is 0 Å². The molecule has 0 bridgehead atoms. The van der Waals surface area contributed by atoms with Crippen LogP contribution < -0.4 is 0 Å². The van der Waals surface area contributed by atoms with Crippen molar-refractivity contribution in [2.75, 3.05) is 18.7 Å². The van der Waals surface area contributed by atoms with Crippen LogP contribution in [0.1, 0.15) is 13.8 Å². The predicted molar refractivity (Wildman–Crippen MR) is 69.3 cm³/mol. The minimum absolute atomic E-state index is 0.0457. The van der Waals surface area contributed by atoms with Crippen molar-refractivity contribution in [3.8, 4) is 0 Å². The fourth-order valence-electron chi connectivity index (χ4n) is 1.48. The quantitative estimate of drug-likeness (QED) is 0.724. The molecule has 0 heterocycles. The molecular formula is C11H16FO5PS. The van der Waals surface area contributed by atoms with Gasteiger partial charge in [0.1, 0.15) is 10.7 Å². The highest BCUT2D eigenvalue weighted by atomic mass is 32.2. The van der Waals surface area contributed by atoms with Crippen molar-refractivity contribution < 1.29 is 26.4 Å². The number of benzene rings is 1. The lowest BCUT2D eigenvalue weighted by atomic mass is 10.4. The van der Waals surface area contributed by atoms with E-state index in [0.29, 0.717) is 0 Å². The number of halogens is 1. The Kier molecular flexibility index (Phi) is 5.67. The van der Waals surface area contributed by atoms with Crippen LogP contribution in [0, 0.1) is 5.82 Å². The average Bonchev–Trinajstić information content (AvgIpc) is 2.28. The van der Waals surface area contributed by atoms with Crippen LogP contribution in [0.5, 0.6) is 0 Å². The van der Waals surface area contributed by atoms with E-state index in [4.69, 9.17) is 9.05 Å². The van der Waals surface area contributed by atoms with Crippen molar-refractivity contribution in [1.29, 1.82) is 0 Å². The summed E-state index contributed by atoms with van der Waals surface area (Å²) in [7, 11) is -7.86. The molecule has 0 unspecified atom stereocenters. The first kappa shape index (κ1) is 16.3. The van der Waals surface area contributed by atoms with Crippen LogP contribution in [0.15, 0.2) is 29.2 Å². The van der Waals surface area contributed by atoms with E-state index in [1.54, 1.807) is 13.8 Å². The molecule has 0 fully saturated rings. The van der Waals surface area contributed by atoms with E-state index in [1.807, 2.05) is 0 Å². The zero-order valence-corrected chi connectivity index (χ0v) is 12.4. The van der Waals surface area contributed by atoms with Crippen molar-refractivity contribution in [1.82, 2.24) is 0 Å². The molecule has 108 valence electrons. The second kappa shape index (κ2) is 6.61. The highest BCUT2D eigenvalue weighted by Crippen LogP contribution is 2.50. The lowest BCUT2D eigenvalue weighted by molar-refractivity contribution is 0.224. The molecule has 0 saturated carbocycles. The summed E-state index contributed by atoms with van der Waals surface area (Å²) in [6, 6.07) is 4.91. The molecule has 1 rings (SSSR count). The monoisotopic (exact) mass is 310 g/mol. The SMILES string of the molecule is CCOP(=O)(CS(=O)(=O)c1ccccc1F)OCC. The van der Waals surface area contributed by atoms with Crippen LogP contribution in [0.2, 0.25) is 0 Å². The van der Waals surface area contributed by atoms with Gasteiger partial charge in [-0.2, -0.15) is 0 Å². The highest BCUT2D eigenvalue weighted by Gasteiger charge is 2.33. The first-order valence-corrected chi connectivity index (χ1v) is 9.08. The summed E-state index contributed by atoms with van der Waals surface area (Å²) in [6.45, 7) is 3.23. The predicted octanol–water partition coefficient (Wildman–Crippen LogP) is 2.82. The van der Waals surface area contributed by atoms with Crippen LogP contribution in [0.25, 0.3) is 0 Å². The summed E-state index contributed by atoms with van der Waals surface area (Å²) in [5, 5.41) is 0. The van der Waals surface area contributed by atoms with E-state index in [0.717, 1.165) is 12.1 Å². The Bertz CT molecular complexity index is 562. The lowest BCUT2D eigenvalue weighted by Gasteiger charge is -2.17. The van der Waals surface area contributed by atoms with E-state index in [-0.39, 0.29) is 13.2 Å². The summed E-state index contributed by atoms with van der Waals surface area (Å²) in [5.74, 6) is -0.887. The van der Waals surface area contributed by atoms with Crippen molar-refractivity contribution >= 4 is 17.4 Å². The van der Waals surface area contributed by atoms with Gasteiger partial charge < -0.3 is 9.05 Å². The molecule has 0 spiro atoms. The molecule has 1 aromatic rings. The van der Waals surface area contributed by atoms with Gasteiger partial charge in [-0.25, -0.2) is 12.8 Å². The van der Waals surface area contributed by atoms with Crippen molar-refractivity contribution in [3.63, 3.8) is 0 Å². The summed E-state index contributed by atoms with van der Waals surface area (Å²) < 4.78 is 59.5. The second-order valence-corrected chi connectivity index (χ2v) is 8.06. The van der Waals surface area contributed by atoms with Crippen LogP contribution in [0.4, 0.5) is 4.39 Å². The van der Waals surface area contributed by atoms with Gasteiger partial charge >= 0.3 is 7.60 Å². The Morgan fingerprint density at radius 1 is 1.16 bits per heavy atom. The first-order valence-electron chi connectivity index (χ1n) is 5.70. The molecular weight excluding hydrogens is 294 g/mol. The molecule has 8 heteroatoms. The Morgan fingerprint density at radius 2 is 1.68 bits per heavy atom. The van der Waals surface area contributed by atoms with Crippen LogP contribution in [-0.4, -0.2) is 27.1 Å². The Morgan fingerprint density at radius 3 is 2.16 bits per heavy atom. The Labute approximate surface area is 112 Å². The van der Waals surface area contributed by atoms with Gasteiger partial charge in [-0.3, -0.25) is 4.57 Å². The van der Waals surface area contributed by atoms with Crippen LogP contribution >= 0.6 is 7.60 Å². The van der Waals surface area contributed by atoms with E-state index in [1.165, 1.54) is 12.1 Å². The fraction of sp³-hybridized carbons (Fsp3) is 0.455. The van der Waals surface area contributed by atoms with Gasteiger partial charge in [0.05, 0.1) is 13.2 Å². The third-order valence-corrected chi connectivity index (χ3v) is 7.08. The van der Waals surface area contributed by atoms with Crippen molar-refractivity contribution in [2.24, 2.45) is 0 Å². The molecule has 19 heavy (non-hydrogen) atoms. The minimum Gasteiger partial charge on any atom is -0.308 e. The van der Waals surface area contributed by atoms with E-state index in [2.05, 4.69) is 0 Å². The van der Waals surface area contributed by atoms with E-state index < -0.39 is 33.6 Å². The molecule has 0 aliphatic carbocycles.